The molecule has 26 heavy (non-hydrogen) atoms. The zero-order valence-electron chi connectivity index (χ0n) is 15.7. The Morgan fingerprint density at radius 2 is 2.27 bits per heavy atom. The third-order valence-corrected chi connectivity index (χ3v) is 6.99. The fourth-order valence-corrected chi connectivity index (χ4v) is 5.84. The van der Waals surface area contributed by atoms with Gasteiger partial charge in [-0.25, -0.2) is 4.98 Å². The number of carbonyl (C=O) groups is 1. The molecule has 2 heterocycles. The van der Waals surface area contributed by atoms with Gasteiger partial charge >= 0.3 is 0 Å². The minimum Gasteiger partial charge on any atom is -0.348 e. The molecular weight excluding hydrogens is 366 g/mol. The molecule has 0 fully saturated rings. The van der Waals surface area contributed by atoms with Crippen molar-refractivity contribution < 1.29 is 4.79 Å². The maximum absolute atomic E-state index is 13.2. The second-order valence-electron chi connectivity index (χ2n) is 7.12. The first-order valence-corrected chi connectivity index (χ1v) is 10.6. The van der Waals surface area contributed by atoms with Crippen molar-refractivity contribution in [3.05, 3.63) is 33.4 Å². The van der Waals surface area contributed by atoms with Crippen LogP contribution in [0.25, 0.3) is 10.2 Å². The summed E-state index contributed by atoms with van der Waals surface area (Å²) in [7, 11) is 3.47. The van der Waals surface area contributed by atoms with Gasteiger partial charge in [-0.1, -0.05) is 24.8 Å². The summed E-state index contributed by atoms with van der Waals surface area (Å²) in [6, 6.07) is 0. The van der Waals surface area contributed by atoms with Gasteiger partial charge in [0.2, 0.25) is 5.91 Å². The number of carbonyl (C=O) groups excluding carboxylic acids is 1. The van der Waals surface area contributed by atoms with Crippen LogP contribution in [0.1, 0.15) is 30.7 Å². The van der Waals surface area contributed by atoms with E-state index in [1.54, 1.807) is 41.0 Å². The Kier molecular flexibility index (Phi) is 5.58. The Hall–Kier alpha value is -1.60. The van der Waals surface area contributed by atoms with Crippen molar-refractivity contribution in [1.82, 2.24) is 14.5 Å². The van der Waals surface area contributed by atoms with Gasteiger partial charge in [-0.15, -0.1) is 17.9 Å². The van der Waals surface area contributed by atoms with Crippen LogP contribution in [-0.4, -0.2) is 39.7 Å². The number of aryl methyl sites for hydroxylation is 1. The van der Waals surface area contributed by atoms with Crippen molar-refractivity contribution in [2.24, 2.45) is 5.92 Å². The molecule has 2 atom stereocenters. The van der Waals surface area contributed by atoms with Crippen LogP contribution in [0.3, 0.4) is 0 Å². The SMILES string of the molecule is C=CCn1c(S[C@@H](C)C(=O)N(C)C)nc2sc3c(c2c1=O)CC[C@H](C)C3. The first-order chi connectivity index (χ1) is 12.3. The second kappa shape index (κ2) is 7.56. The number of amides is 1. The molecule has 1 aliphatic rings. The van der Waals surface area contributed by atoms with Crippen LogP contribution >= 0.6 is 23.1 Å². The number of aromatic nitrogens is 2. The minimum atomic E-state index is -0.306. The van der Waals surface area contributed by atoms with Crippen molar-refractivity contribution in [2.75, 3.05) is 14.1 Å². The molecule has 2 aromatic heterocycles. The quantitative estimate of drug-likeness (QED) is 0.446. The molecule has 0 bridgehead atoms. The highest BCUT2D eigenvalue weighted by Crippen LogP contribution is 2.36. The third kappa shape index (κ3) is 3.47. The fraction of sp³-hybridized carbons (Fsp3) is 0.526. The molecule has 0 aliphatic heterocycles. The minimum absolute atomic E-state index is 0.00560. The molecule has 5 nitrogen and oxygen atoms in total. The first-order valence-electron chi connectivity index (χ1n) is 8.87. The lowest BCUT2D eigenvalue weighted by Crippen LogP contribution is -2.31. The molecule has 2 aromatic rings. The smallest absolute Gasteiger partial charge is 0.263 e. The molecule has 0 saturated heterocycles. The molecule has 0 aromatic carbocycles. The highest BCUT2D eigenvalue weighted by molar-refractivity contribution is 8.00. The zero-order valence-corrected chi connectivity index (χ0v) is 17.4. The van der Waals surface area contributed by atoms with Gasteiger partial charge in [0.1, 0.15) is 4.83 Å². The molecule has 0 N–H and O–H groups in total. The molecule has 140 valence electrons. The van der Waals surface area contributed by atoms with E-state index in [2.05, 4.69) is 13.5 Å². The number of thiophene rings is 1. The summed E-state index contributed by atoms with van der Waals surface area (Å²) in [5.41, 5.74) is 1.18. The van der Waals surface area contributed by atoms with E-state index in [4.69, 9.17) is 4.98 Å². The predicted octanol–water partition coefficient (Wildman–Crippen LogP) is 3.34. The fourth-order valence-electron chi connectivity index (χ4n) is 3.36. The molecule has 0 unspecified atom stereocenters. The van der Waals surface area contributed by atoms with Crippen LogP contribution in [0.5, 0.6) is 0 Å². The lowest BCUT2D eigenvalue weighted by Gasteiger charge is -2.18. The van der Waals surface area contributed by atoms with Crippen molar-refractivity contribution >= 4 is 39.2 Å². The molecule has 7 heteroatoms. The van der Waals surface area contributed by atoms with E-state index < -0.39 is 0 Å². The topological polar surface area (TPSA) is 55.2 Å². The normalized spacial score (nSPS) is 17.8. The highest BCUT2D eigenvalue weighted by Gasteiger charge is 2.26. The summed E-state index contributed by atoms with van der Waals surface area (Å²) in [6.45, 7) is 8.28. The van der Waals surface area contributed by atoms with E-state index in [0.29, 0.717) is 17.6 Å². The van der Waals surface area contributed by atoms with Gasteiger partial charge < -0.3 is 4.90 Å². The van der Waals surface area contributed by atoms with Gasteiger partial charge in [0.25, 0.3) is 5.56 Å². The van der Waals surface area contributed by atoms with E-state index in [1.807, 2.05) is 6.92 Å². The van der Waals surface area contributed by atoms with Crippen LogP contribution in [0.15, 0.2) is 22.6 Å². The van der Waals surface area contributed by atoms with Gasteiger partial charge in [0.05, 0.1) is 10.6 Å². The molecule has 1 aliphatic carbocycles. The number of hydrogen-bond donors (Lipinski definition) is 0. The average Bonchev–Trinajstić information content (AvgIpc) is 2.94. The highest BCUT2D eigenvalue weighted by atomic mass is 32.2. The second-order valence-corrected chi connectivity index (χ2v) is 9.52. The summed E-state index contributed by atoms with van der Waals surface area (Å²) in [5.74, 6) is 0.659. The maximum atomic E-state index is 13.2. The number of fused-ring (bicyclic) bond motifs is 3. The van der Waals surface area contributed by atoms with Crippen molar-refractivity contribution in [3.63, 3.8) is 0 Å². The van der Waals surface area contributed by atoms with Crippen molar-refractivity contribution in [2.45, 2.75) is 50.1 Å². The molecule has 0 spiro atoms. The summed E-state index contributed by atoms with van der Waals surface area (Å²) >= 11 is 2.98. The summed E-state index contributed by atoms with van der Waals surface area (Å²) in [5, 5.41) is 1.06. The molecule has 0 radical (unpaired) electrons. The van der Waals surface area contributed by atoms with Crippen molar-refractivity contribution in [1.29, 1.82) is 0 Å². The number of thioether (sulfide) groups is 1. The number of hydrogen-bond acceptors (Lipinski definition) is 5. The monoisotopic (exact) mass is 391 g/mol. The Balaban J connectivity index is 2.11. The average molecular weight is 392 g/mol. The predicted molar refractivity (Wildman–Crippen MR) is 109 cm³/mol. The first kappa shape index (κ1) is 19.2. The van der Waals surface area contributed by atoms with Gasteiger partial charge in [0.15, 0.2) is 5.16 Å². The largest absolute Gasteiger partial charge is 0.348 e. The van der Waals surface area contributed by atoms with Crippen LogP contribution in [0.2, 0.25) is 0 Å². The standard InChI is InChI=1S/C19H25N3O2S2/c1-6-9-22-18(24)15-13-8-7-11(2)10-14(13)26-16(15)20-19(22)25-12(3)17(23)21(4)5/h6,11-12H,1,7-10H2,2-5H3/t11-,12-/m0/s1. The Labute approximate surface area is 162 Å². The van der Waals surface area contributed by atoms with Crippen LogP contribution in [0.4, 0.5) is 0 Å². The Morgan fingerprint density at radius 3 is 2.92 bits per heavy atom. The molecule has 1 amide bonds. The summed E-state index contributed by atoms with van der Waals surface area (Å²) in [6.07, 6.45) is 4.79. The van der Waals surface area contributed by atoms with E-state index in [-0.39, 0.29) is 16.7 Å². The number of rotatable bonds is 5. The Bertz CT molecular complexity index is 914. The summed E-state index contributed by atoms with van der Waals surface area (Å²) in [4.78, 5) is 33.9. The number of allylic oxidation sites excluding steroid dienone is 1. The van der Waals surface area contributed by atoms with Crippen LogP contribution < -0.4 is 5.56 Å². The maximum Gasteiger partial charge on any atom is 0.263 e. The zero-order chi connectivity index (χ0) is 19.0. The lowest BCUT2D eigenvalue weighted by molar-refractivity contribution is -0.127. The lowest BCUT2D eigenvalue weighted by atomic mass is 9.89. The van der Waals surface area contributed by atoms with Crippen LogP contribution in [-0.2, 0) is 24.2 Å². The molecular formula is C19H25N3O2S2. The van der Waals surface area contributed by atoms with Gasteiger partial charge in [-0.05, 0) is 37.7 Å². The summed E-state index contributed by atoms with van der Waals surface area (Å²) < 4.78 is 1.66. The number of nitrogens with zero attached hydrogens (tertiary/aromatic N) is 3. The third-order valence-electron chi connectivity index (χ3n) is 4.76. The van der Waals surface area contributed by atoms with Gasteiger partial charge in [-0.3, -0.25) is 14.2 Å². The van der Waals surface area contributed by atoms with E-state index in [0.717, 1.165) is 29.5 Å². The van der Waals surface area contributed by atoms with E-state index in [1.165, 1.54) is 22.2 Å². The molecule has 3 rings (SSSR count). The molecule has 0 saturated carbocycles. The van der Waals surface area contributed by atoms with Gasteiger partial charge in [-0.2, -0.15) is 0 Å². The van der Waals surface area contributed by atoms with Crippen molar-refractivity contribution in [3.8, 4) is 0 Å². The van der Waals surface area contributed by atoms with Gasteiger partial charge in [0, 0.05) is 25.5 Å². The van der Waals surface area contributed by atoms with E-state index >= 15 is 0 Å². The van der Waals surface area contributed by atoms with E-state index in [9.17, 15) is 9.59 Å². The van der Waals surface area contributed by atoms with Crippen LogP contribution in [0, 0.1) is 5.92 Å². The Morgan fingerprint density at radius 1 is 1.54 bits per heavy atom.